The summed E-state index contributed by atoms with van der Waals surface area (Å²) in [6.07, 6.45) is 1.42. The van der Waals surface area contributed by atoms with Crippen LogP contribution in [0.1, 0.15) is 25.2 Å². The Balaban J connectivity index is 2.43. The summed E-state index contributed by atoms with van der Waals surface area (Å²) in [5.74, 6) is 0.294. The number of para-hydroxylation sites is 1. The minimum Gasteiger partial charge on any atom is -0.268 e. The van der Waals surface area contributed by atoms with Crippen molar-refractivity contribution in [3.8, 4) is 5.69 Å². The first-order chi connectivity index (χ1) is 11.1. The second kappa shape index (κ2) is 6.39. The lowest BCUT2D eigenvalue weighted by atomic mass is 10.1. The van der Waals surface area contributed by atoms with Crippen molar-refractivity contribution in [2.45, 2.75) is 26.7 Å². The third kappa shape index (κ3) is 2.78. The molecular weight excluding hydrogens is 406 g/mol. The van der Waals surface area contributed by atoms with Crippen LogP contribution in [0.4, 0.5) is 4.39 Å². The number of nitrogens with zero attached hydrogens (tertiary/aromatic N) is 2. The molecule has 0 unspecified atom stereocenters. The van der Waals surface area contributed by atoms with Gasteiger partial charge in [0.15, 0.2) is 0 Å². The third-order valence-electron chi connectivity index (χ3n) is 3.91. The van der Waals surface area contributed by atoms with E-state index >= 15 is 0 Å². The first kappa shape index (κ1) is 16.1. The maximum Gasteiger partial charge on any atom is 0.266 e. The van der Waals surface area contributed by atoms with Gasteiger partial charge in [-0.05, 0) is 46.7 Å². The van der Waals surface area contributed by atoms with E-state index in [1.807, 2.05) is 53.8 Å². The molecule has 0 aliphatic rings. The van der Waals surface area contributed by atoms with Crippen molar-refractivity contribution >= 4 is 33.5 Å². The van der Waals surface area contributed by atoms with Crippen LogP contribution >= 0.6 is 22.6 Å². The van der Waals surface area contributed by atoms with Crippen LogP contribution in [0.2, 0.25) is 0 Å². The Kier molecular flexibility index (Phi) is 4.48. The SMILES string of the molecule is CCc1ccccc1-n1c(CC)nc2cc(F)c(I)cc2c1=O. The fourth-order valence-electron chi connectivity index (χ4n) is 2.74. The molecule has 0 spiro atoms. The zero-order valence-electron chi connectivity index (χ0n) is 12.9. The lowest BCUT2D eigenvalue weighted by Gasteiger charge is -2.15. The normalized spacial score (nSPS) is 11.1. The molecule has 0 aliphatic carbocycles. The standard InChI is InChI=1S/C18H16FIN2O/c1-3-11-7-5-6-8-16(11)22-17(4-2)21-15-10-13(19)14(20)9-12(15)18(22)23/h5-10H,3-4H2,1-2H3. The van der Waals surface area contributed by atoms with Gasteiger partial charge < -0.3 is 0 Å². The van der Waals surface area contributed by atoms with Crippen molar-refractivity contribution in [2.24, 2.45) is 0 Å². The molecule has 3 rings (SSSR count). The maximum absolute atomic E-state index is 13.8. The Hall–Kier alpha value is -1.76. The number of aryl methyl sites for hydroxylation is 2. The van der Waals surface area contributed by atoms with Gasteiger partial charge in [-0.1, -0.05) is 32.0 Å². The molecule has 0 bridgehead atoms. The monoisotopic (exact) mass is 422 g/mol. The zero-order valence-corrected chi connectivity index (χ0v) is 15.1. The van der Waals surface area contributed by atoms with Crippen molar-refractivity contribution in [1.82, 2.24) is 9.55 Å². The fraction of sp³-hybridized carbons (Fsp3) is 0.222. The topological polar surface area (TPSA) is 34.9 Å². The van der Waals surface area contributed by atoms with Crippen molar-refractivity contribution < 1.29 is 4.39 Å². The Bertz CT molecular complexity index is 950. The van der Waals surface area contributed by atoms with E-state index in [1.54, 1.807) is 10.6 Å². The highest BCUT2D eigenvalue weighted by Crippen LogP contribution is 2.20. The van der Waals surface area contributed by atoms with Crippen molar-refractivity contribution in [3.63, 3.8) is 0 Å². The molecule has 5 heteroatoms. The molecule has 0 atom stereocenters. The predicted molar refractivity (Wildman–Crippen MR) is 98.8 cm³/mol. The minimum absolute atomic E-state index is 0.148. The van der Waals surface area contributed by atoms with E-state index in [9.17, 15) is 9.18 Å². The van der Waals surface area contributed by atoms with Gasteiger partial charge in [0, 0.05) is 16.1 Å². The average molecular weight is 422 g/mol. The molecule has 2 aromatic carbocycles. The van der Waals surface area contributed by atoms with Crippen molar-refractivity contribution in [1.29, 1.82) is 0 Å². The van der Waals surface area contributed by atoms with Gasteiger partial charge in [0.2, 0.25) is 0 Å². The molecule has 0 fully saturated rings. The molecule has 3 nitrogen and oxygen atoms in total. The van der Waals surface area contributed by atoms with E-state index in [0.29, 0.717) is 26.7 Å². The Morgan fingerprint density at radius 1 is 1.17 bits per heavy atom. The number of hydrogen-bond donors (Lipinski definition) is 0. The molecule has 0 N–H and O–H groups in total. The van der Waals surface area contributed by atoms with E-state index in [4.69, 9.17) is 0 Å². The first-order valence-corrected chi connectivity index (χ1v) is 8.63. The molecule has 3 aromatic rings. The molecule has 0 radical (unpaired) electrons. The summed E-state index contributed by atoms with van der Waals surface area (Å²) < 4.78 is 15.9. The highest BCUT2D eigenvalue weighted by atomic mass is 127. The fourth-order valence-corrected chi connectivity index (χ4v) is 3.21. The number of benzene rings is 2. The Morgan fingerprint density at radius 2 is 1.91 bits per heavy atom. The molecule has 1 aromatic heterocycles. The first-order valence-electron chi connectivity index (χ1n) is 7.55. The highest BCUT2D eigenvalue weighted by molar-refractivity contribution is 14.1. The Morgan fingerprint density at radius 3 is 2.61 bits per heavy atom. The maximum atomic E-state index is 13.8. The number of hydrogen-bond acceptors (Lipinski definition) is 2. The molecule has 0 saturated heterocycles. The molecule has 118 valence electrons. The summed E-state index contributed by atoms with van der Waals surface area (Å²) >= 11 is 1.90. The van der Waals surface area contributed by atoms with Crippen LogP contribution in [-0.4, -0.2) is 9.55 Å². The minimum atomic E-state index is -0.348. The van der Waals surface area contributed by atoms with Crippen LogP contribution in [0.25, 0.3) is 16.6 Å². The zero-order chi connectivity index (χ0) is 16.6. The smallest absolute Gasteiger partial charge is 0.266 e. The second-order valence-corrected chi connectivity index (χ2v) is 6.45. The summed E-state index contributed by atoms with van der Waals surface area (Å²) in [4.78, 5) is 17.6. The van der Waals surface area contributed by atoms with E-state index in [-0.39, 0.29) is 11.4 Å². The largest absolute Gasteiger partial charge is 0.268 e. The van der Waals surface area contributed by atoms with Gasteiger partial charge in [0.05, 0.1) is 16.6 Å². The van der Waals surface area contributed by atoms with E-state index in [1.165, 1.54) is 6.07 Å². The highest BCUT2D eigenvalue weighted by Gasteiger charge is 2.15. The van der Waals surface area contributed by atoms with Crippen LogP contribution in [0.3, 0.4) is 0 Å². The average Bonchev–Trinajstić information content (AvgIpc) is 2.56. The van der Waals surface area contributed by atoms with Crippen LogP contribution in [0.15, 0.2) is 41.2 Å². The van der Waals surface area contributed by atoms with Crippen LogP contribution < -0.4 is 5.56 Å². The van der Waals surface area contributed by atoms with Gasteiger partial charge in [0.25, 0.3) is 5.56 Å². The third-order valence-corrected chi connectivity index (χ3v) is 4.74. The molecular formula is C18H16FIN2O. The molecule has 0 aliphatic heterocycles. The molecule has 0 amide bonds. The quantitative estimate of drug-likeness (QED) is 0.592. The van der Waals surface area contributed by atoms with Gasteiger partial charge >= 0.3 is 0 Å². The number of aromatic nitrogens is 2. The second-order valence-electron chi connectivity index (χ2n) is 5.29. The van der Waals surface area contributed by atoms with Crippen molar-refractivity contribution in [3.05, 3.63) is 67.5 Å². The van der Waals surface area contributed by atoms with Gasteiger partial charge in [-0.15, -0.1) is 0 Å². The van der Waals surface area contributed by atoms with Gasteiger partial charge in [-0.25, -0.2) is 9.37 Å². The molecule has 23 heavy (non-hydrogen) atoms. The summed E-state index contributed by atoms with van der Waals surface area (Å²) in [6, 6.07) is 10.7. The predicted octanol–water partition coefficient (Wildman–Crippen LogP) is 4.25. The molecule has 0 saturated carbocycles. The summed E-state index contributed by atoms with van der Waals surface area (Å²) in [5, 5.41) is 0.443. The van der Waals surface area contributed by atoms with Crippen LogP contribution in [0.5, 0.6) is 0 Å². The summed E-state index contributed by atoms with van der Waals surface area (Å²) in [7, 11) is 0. The molecule has 1 heterocycles. The van der Waals surface area contributed by atoms with Gasteiger partial charge in [-0.3, -0.25) is 9.36 Å². The van der Waals surface area contributed by atoms with E-state index in [0.717, 1.165) is 17.7 Å². The van der Waals surface area contributed by atoms with Gasteiger partial charge in [-0.2, -0.15) is 0 Å². The lowest BCUT2D eigenvalue weighted by molar-refractivity contribution is 0.621. The van der Waals surface area contributed by atoms with Crippen LogP contribution in [-0.2, 0) is 12.8 Å². The number of halogens is 2. The Labute approximate surface area is 147 Å². The number of fused-ring (bicyclic) bond motifs is 1. The van der Waals surface area contributed by atoms with Crippen LogP contribution in [0, 0.1) is 9.39 Å². The van der Waals surface area contributed by atoms with Crippen molar-refractivity contribution in [2.75, 3.05) is 0 Å². The number of rotatable bonds is 3. The summed E-state index contributed by atoms with van der Waals surface area (Å²) in [6.45, 7) is 4.00. The summed E-state index contributed by atoms with van der Waals surface area (Å²) in [5.41, 5.74) is 2.20. The van der Waals surface area contributed by atoms with E-state index in [2.05, 4.69) is 11.9 Å². The van der Waals surface area contributed by atoms with Gasteiger partial charge in [0.1, 0.15) is 11.6 Å². The lowest BCUT2D eigenvalue weighted by Crippen LogP contribution is -2.24. The van der Waals surface area contributed by atoms with E-state index < -0.39 is 0 Å².